The SMILES string of the molecule is O=C(NCCC(O)c1ccccc1)NCc1ccsc1. The number of hydrogen-bond acceptors (Lipinski definition) is 3. The van der Waals surface area contributed by atoms with Gasteiger partial charge in [0, 0.05) is 13.1 Å². The van der Waals surface area contributed by atoms with Gasteiger partial charge >= 0.3 is 6.03 Å². The Hall–Kier alpha value is -1.85. The fraction of sp³-hybridized carbons (Fsp3) is 0.267. The Morgan fingerprint density at radius 1 is 1.20 bits per heavy atom. The number of urea groups is 1. The Kier molecular flexibility index (Phi) is 5.58. The van der Waals surface area contributed by atoms with Gasteiger partial charge in [0.15, 0.2) is 0 Å². The van der Waals surface area contributed by atoms with Gasteiger partial charge in [-0.05, 0) is 34.4 Å². The lowest BCUT2D eigenvalue weighted by atomic mass is 10.1. The molecule has 1 atom stereocenters. The minimum atomic E-state index is -0.548. The van der Waals surface area contributed by atoms with E-state index in [1.54, 1.807) is 11.3 Å². The van der Waals surface area contributed by atoms with Crippen LogP contribution in [-0.4, -0.2) is 17.7 Å². The second-order valence-corrected chi connectivity index (χ2v) is 5.24. The van der Waals surface area contributed by atoms with Crippen LogP contribution in [0.15, 0.2) is 47.2 Å². The molecule has 2 amide bonds. The topological polar surface area (TPSA) is 61.4 Å². The molecule has 2 rings (SSSR count). The van der Waals surface area contributed by atoms with Crippen LogP contribution in [0, 0.1) is 0 Å². The first-order valence-corrected chi connectivity index (χ1v) is 7.46. The van der Waals surface area contributed by atoms with Gasteiger partial charge in [-0.15, -0.1) is 0 Å². The molecule has 0 spiro atoms. The monoisotopic (exact) mass is 290 g/mol. The van der Waals surface area contributed by atoms with E-state index in [4.69, 9.17) is 0 Å². The summed E-state index contributed by atoms with van der Waals surface area (Å²) in [5.41, 5.74) is 1.96. The molecule has 5 heteroatoms. The number of carbonyl (C=O) groups excluding carboxylic acids is 1. The summed E-state index contributed by atoms with van der Waals surface area (Å²) >= 11 is 1.61. The molecule has 1 aromatic carbocycles. The predicted molar refractivity (Wildman–Crippen MR) is 80.6 cm³/mol. The van der Waals surface area contributed by atoms with Crippen molar-refractivity contribution in [2.45, 2.75) is 19.1 Å². The predicted octanol–water partition coefficient (Wildman–Crippen LogP) is 2.67. The molecule has 1 aromatic heterocycles. The summed E-state index contributed by atoms with van der Waals surface area (Å²) in [5.74, 6) is 0. The number of hydrogen-bond donors (Lipinski definition) is 3. The van der Waals surface area contributed by atoms with Crippen molar-refractivity contribution in [2.75, 3.05) is 6.54 Å². The summed E-state index contributed by atoms with van der Waals surface area (Å²) < 4.78 is 0. The molecule has 0 radical (unpaired) electrons. The standard InChI is InChI=1S/C15H18N2O2S/c18-14(13-4-2-1-3-5-13)6-8-16-15(19)17-10-12-7-9-20-11-12/h1-5,7,9,11,14,18H,6,8,10H2,(H2,16,17,19). The highest BCUT2D eigenvalue weighted by Gasteiger charge is 2.07. The van der Waals surface area contributed by atoms with Crippen molar-refractivity contribution >= 4 is 17.4 Å². The highest BCUT2D eigenvalue weighted by molar-refractivity contribution is 7.07. The molecule has 3 N–H and O–H groups in total. The van der Waals surface area contributed by atoms with Crippen LogP contribution in [0.1, 0.15) is 23.7 Å². The molecule has 0 aliphatic carbocycles. The first kappa shape index (κ1) is 14.6. The zero-order chi connectivity index (χ0) is 14.2. The minimum Gasteiger partial charge on any atom is -0.388 e. The molecule has 4 nitrogen and oxygen atoms in total. The highest BCUT2D eigenvalue weighted by Crippen LogP contribution is 2.14. The smallest absolute Gasteiger partial charge is 0.315 e. The summed E-state index contributed by atoms with van der Waals surface area (Å²) in [6, 6.07) is 11.2. The first-order chi connectivity index (χ1) is 9.75. The number of amides is 2. The average molecular weight is 290 g/mol. The molecule has 0 aliphatic rings. The molecule has 0 saturated heterocycles. The average Bonchev–Trinajstić information content (AvgIpc) is 2.99. The van der Waals surface area contributed by atoms with Crippen LogP contribution in [0.2, 0.25) is 0 Å². The quantitative estimate of drug-likeness (QED) is 0.766. The van der Waals surface area contributed by atoms with Crippen molar-refractivity contribution in [1.82, 2.24) is 10.6 Å². The summed E-state index contributed by atoms with van der Waals surface area (Å²) in [6.45, 7) is 0.960. The van der Waals surface area contributed by atoms with Crippen LogP contribution >= 0.6 is 11.3 Å². The van der Waals surface area contributed by atoms with E-state index in [1.165, 1.54) is 0 Å². The molecule has 20 heavy (non-hydrogen) atoms. The number of aliphatic hydroxyl groups excluding tert-OH is 1. The van der Waals surface area contributed by atoms with E-state index >= 15 is 0 Å². The van der Waals surface area contributed by atoms with Crippen molar-refractivity contribution < 1.29 is 9.90 Å². The van der Waals surface area contributed by atoms with Gasteiger partial charge in [0.05, 0.1) is 6.10 Å². The van der Waals surface area contributed by atoms with E-state index < -0.39 is 6.10 Å². The fourth-order valence-electron chi connectivity index (χ4n) is 1.80. The van der Waals surface area contributed by atoms with Gasteiger partial charge in [0.1, 0.15) is 0 Å². The van der Waals surface area contributed by atoms with E-state index in [-0.39, 0.29) is 6.03 Å². The number of benzene rings is 1. The molecular weight excluding hydrogens is 272 g/mol. The van der Waals surface area contributed by atoms with Crippen molar-refractivity contribution in [3.05, 3.63) is 58.3 Å². The van der Waals surface area contributed by atoms with Crippen molar-refractivity contribution in [1.29, 1.82) is 0 Å². The number of thiophene rings is 1. The van der Waals surface area contributed by atoms with Crippen molar-refractivity contribution in [3.8, 4) is 0 Å². The lowest BCUT2D eigenvalue weighted by molar-refractivity contribution is 0.167. The molecule has 1 heterocycles. The molecular formula is C15H18N2O2S. The Morgan fingerprint density at radius 2 is 2.00 bits per heavy atom. The molecule has 2 aromatic rings. The second kappa shape index (κ2) is 7.67. The van der Waals surface area contributed by atoms with E-state index in [1.807, 2.05) is 47.2 Å². The molecule has 0 fully saturated rings. The zero-order valence-electron chi connectivity index (χ0n) is 11.1. The second-order valence-electron chi connectivity index (χ2n) is 4.46. The largest absolute Gasteiger partial charge is 0.388 e. The molecule has 0 bridgehead atoms. The van der Waals surface area contributed by atoms with Crippen molar-refractivity contribution in [2.24, 2.45) is 0 Å². The van der Waals surface area contributed by atoms with Gasteiger partial charge in [0.2, 0.25) is 0 Å². The number of nitrogens with one attached hydrogen (secondary N) is 2. The summed E-state index contributed by atoms with van der Waals surface area (Å²) in [4.78, 5) is 11.6. The van der Waals surface area contributed by atoms with Gasteiger partial charge < -0.3 is 15.7 Å². The molecule has 106 valence electrons. The summed E-state index contributed by atoms with van der Waals surface area (Å²) in [6.07, 6.45) is -0.0519. The molecule has 1 unspecified atom stereocenters. The summed E-state index contributed by atoms with van der Waals surface area (Å²) in [5, 5.41) is 19.4. The van der Waals surface area contributed by atoms with Crippen LogP contribution in [0.5, 0.6) is 0 Å². The highest BCUT2D eigenvalue weighted by atomic mass is 32.1. The first-order valence-electron chi connectivity index (χ1n) is 6.51. The van der Waals surface area contributed by atoms with Gasteiger partial charge in [-0.25, -0.2) is 4.79 Å². The number of carbonyl (C=O) groups is 1. The van der Waals surface area contributed by atoms with E-state index in [9.17, 15) is 9.90 Å². The Bertz CT molecular complexity index is 514. The maximum Gasteiger partial charge on any atom is 0.315 e. The van der Waals surface area contributed by atoms with Crippen LogP contribution < -0.4 is 10.6 Å². The summed E-state index contributed by atoms with van der Waals surface area (Å²) in [7, 11) is 0. The lowest BCUT2D eigenvalue weighted by Crippen LogP contribution is -2.35. The Labute approximate surface area is 122 Å². The van der Waals surface area contributed by atoms with Crippen LogP contribution in [0.25, 0.3) is 0 Å². The number of aliphatic hydroxyl groups is 1. The third-order valence-corrected chi connectivity index (χ3v) is 3.65. The molecule has 0 aliphatic heterocycles. The van der Waals surface area contributed by atoms with Gasteiger partial charge in [0.25, 0.3) is 0 Å². The van der Waals surface area contributed by atoms with Crippen molar-refractivity contribution in [3.63, 3.8) is 0 Å². The lowest BCUT2D eigenvalue weighted by Gasteiger charge is -2.12. The fourth-order valence-corrected chi connectivity index (χ4v) is 2.47. The third kappa shape index (κ3) is 4.68. The maximum absolute atomic E-state index is 11.6. The molecule has 0 saturated carbocycles. The minimum absolute atomic E-state index is 0.212. The van der Waals surface area contributed by atoms with Crippen LogP contribution in [0.4, 0.5) is 4.79 Å². The Balaban J connectivity index is 1.64. The van der Waals surface area contributed by atoms with Crippen LogP contribution in [-0.2, 0) is 6.54 Å². The van der Waals surface area contributed by atoms with Gasteiger partial charge in [-0.3, -0.25) is 0 Å². The normalized spacial score (nSPS) is 11.8. The van der Waals surface area contributed by atoms with Gasteiger partial charge in [-0.2, -0.15) is 11.3 Å². The Morgan fingerprint density at radius 3 is 2.70 bits per heavy atom. The third-order valence-electron chi connectivity index (χ3n) is 2.92. The zero-order valence-corrected chi connectivity index (χ0v) is 11.9. The van der Waals surface area contributed by atoms with Crippen LogP contribution in [0.3, 0.4) is 0 Å². The van der Waals surface area contributed by atoms with E-state index in [0.717, 1.165) is 11.1 Å². The van der Waals surface area contributed by atoms with E-state index in [0.29, 0.717) is 19.5 Å². The van der Waals surface area contributed by atoms with E-state index in [2.05, 4.69) is 10.6 Å². The van der Waals surface area contributed by atoms with Gasteiger partial charge in [-0.1, -0.05) is 30.3 Å². The number of rotatable bonds is 6. The maximum atomic E-state index is 11.6.